The lowest BCUT2D eigenvalue weighted by molar-refractivity contribution is 0.0138. The van der Waals surface area contributed by atoms with Crippen LogP contribution in [0.3, 0.4) is 0 Å². The number of rotatable bonds is 7. The van der Waals surface area contributed by atoms with Crippen molar-refractivity contribution in [2.45, 2.75) is 57.6 Å². The van der Waals surface area contributed by atoms with Crippen molar-refractivity contribution in [3.8, 4) is 0 Å². The minimum absolute atomic E-state index is 0.326. The van der Waals surface area contributed by atoms with Gasteiger partial charge in [-0.25, -0.2) is 0 Å². The molecule has 0 aromatic heterocycles. The topological polar surface area (TPSA) is 66.5 Å². The molecule has 0 aromatic carbocycles. The molecule has 4 heteroatoms. The largest absolute Gasteiger partial charge is 0.390 e. The van der Waals surface area contributed by atoms with E-state index in [0.29, 0.717) is 16.9 Å². The van der Waals surface area contributed by atoms with Gasteiger partial charge in [-0.05, 0) is 17.6 Å². The highest BCUT2D eigenvalue weighted by Crippen LogP contribution is 2.15. The summed E-state index contributed by atoms with van der Waals surface area (Å²) >= 11 is 1.64. The van der Waals surface area contributed by atoms with E-state index in [1.54, 1.807) is 11.8 Å². The summed E-state index contributed by atoms with van der Waals surface area (Å²) in [7, 11) is 0. The molecule has 0 heterocycles. The van der Waals surface area contributed by atoms with Gasteiger partial charge in [0, 0.05) is 11.8 Å². The lowest BCUT2D eigenvalue weighted by atomic mass is 9.97. The van der Waals surface area contributed by atoms with Crippen molar-refractivity contribution >= 4 is 11.8 Å². The van der Waals surface area contributed by atoms with Crippen LogP contribution in [0, 0.1) is 5.92 Å². The van der Waals surface area contributed by atoms with Crippen molar-refractivity contribution in [3.05, 3.63) is 0 Å². The summed E-state index contributed by atoms with van der Waals surface area (Å²) in [5, 5.41) is 19.9. The first-order chi connectivity index (χ1) is 6.84. The average molecular weight is 235 g/mol. The summed E-state index contributed by atoms with van der Waals surface area (Å²) in [5.74, 6) is 0.990. The van der Waals surface area contributed by atoms with Gasteiger partial charge in [0.15, 0.2) is 0 Å². The maximum atomic E-state index is 9.76. The van der Waals surface area contributed by atoms with Gasteiger partial charge >= 0.3 is 0 Å². The fraction of sp³-hybridized carbons (Fsp3) is 1.00. The molecule has 3 atom stereocenters. The van der Waals surface area contributed by atoms with Gasteiger partial charge in [0.05, 0.1) is 12.2 Å². The average Bonchev–Trinajstić information content (AvgIpc) is 2.11. The third kappa shape index (κ3) is 7.17. The number of hydrogen-bond acceptors (Lipinski definition) is 4. The fourth-order valence-electron chi connectivity index (χ4n) is 1.36. The SMILES string of the molecule is CC(C)C[C@H](N)[C@@H](O)[C@@H](O)CSC(C)C. The molecular formula is C11H25NO2S. The van der Waals surface area contributed by atoms with Gasteiger partial charge in [0.2, 0.25) is 0 Å². The Morgan fingerprint density at radius 3 is 2.07 bits per heavy atom. The van der Waals surface area contributed by atoms with Gasteiger partial charge in [0.1, 0.15) is 0 Å². The van der Waals surface area contributed by atoms with Crippen molar-refractivity contribution in [1.29, 1.82) is 0 Å². The summed E-state index contributed by atoms with van der Waals surface area (Å²) in [4.78, 5) is 0. The van der Waals surface area contributed by atoms with Crippen molar-refractivity contribution < 1.29 is 10.2 Å². The molecule has 0 aliphatic rings. The van der Waals surface area contributed by atoms with E-state index in [9.17, 15) is 10.2 Å². The standard InChI is InChI=1S/C11H25NO2S/c1-7(2)5-9(12)11(14)10(13)6-15-8(3)4/h7-11,13-14H,5-6,12H2,1-4H3/t9-,10-,11+/m0/s1. The minimum atomic E-state index is -0.807. The summed E-state index contributed by atoms with van der Waals surface area (Å²) < 4.78 is 0. The zero-order valence-electron chi connectivity index (χ0n) is 10.2. The fourth-order valence-corrected chi connectivity index (χ4v) is 2.14. The maximum absolute atomic E-state index is 9.76. The molecule has 4 N–H and O–H groups in total. The zero-order valence-corrected chi connectivity index (χ0v) is 11.0. The summed E-state index contributed by atoms with van der Waals surface area (Å²) in [6, 6.07) is -0.326. The Hall–Kier alpha value is 0.230. The molecule has 92 valence electrons. The quantitative estimate of drug-likeness (QED) is 0.621. The zero-order chi connectivity index (χ0) is 12.0. The molecule has 0 amide bonds. The second kappa shape index (κ2) is 7.49. The van der Waals surface area contributed by atoms with Crippen LogP contribution < -0.4 is 5.73 Å². The molecule has 0 bridgehead atoms. The van der Waals surface area contributed by atoms with Gasteiger partial charge < -0.3 is 15.9 Å². The molecule has 15 heavy (non-hydrogen) atoms. The highest BCUT2D eigenvalue weighted by atomic mass is 32.2. The van der Waals surface area contributed by atoms with E-state index >= 15 is 0 Å². The molecule has 0 aliphatic heterocycles. The van der Waals surface area contributed by atoms with Crippen LogP contribution in [-0.4, -0.2) is 39.5 Å². The van der Waals surface area contributed by atoms with Crippen LogP contribution in [0.25, 0.3) is 0 Å². The highest BCUT2D eigenvalue weighted by Gasteiger charge is 2.24. The molecule has 0 saturated heterocycles. The van der Waals surface area contributed by atoms with E-state index in [1.165, 1.54) is 0 Å². The molecule has 0 aromatic rings. The third-order valence-corrected chi connectivity index (χ3v) is 3.38. The van der Waals surface area contributed by atoms with Crippen LogP contribution in [0.15, 0.2) is 0 Å². The van der Waals surface area contributed by atoms with Crippen LogP contribution in [-0.2, 0) is 0 Å². The van der Waals surface area contributed by atoms with Gasteiger partial charge in [-0.1, -0.05) is 27.7 Å². The van der Waals surface area contributed by atoms with E-state index in [4.69, 9.17) is 5.73 Å². The highest BCUT2D eigenvalue weighted by molar-refractivity contribution is 7.99. The summed E-state index contributed by atoms with van der Waals surface area (Å²) in [6.07, 6.45) is -0.783. The monoisotopic (exact) mass is 235 g/mol. The smallest absolute Gasteiger partial charge is 0.0957 e. The van der Waals surface area contributed by atoms with Crippen molar-refractivity contribution in [1.82, 2.24) is 0 Å². The third-order valence-electron chi connectivity index (χ3n) is 2.18. The van der Waals surface area contributed by atoms with Gasteiger partial charge in [-0.15, -0.1) is 0 Å². The van der Waals surface area contributed by atoms with E-state index in [0.717, 1.165) is 6.42 Å². The number of nitrogens with two attached hydrogens (primary N) is 1. The van der Waals surface area contributed by atoms with Crippen LogP contribution in [0.1, 0.15) is 34.1 Å². The predicted octanol–water partition coefficient (Wildman–Crippen LogP) is 1.22. The molecular weight excluding hydrogens is 210 g/mol. The minimum Gasteiger partial charge on any atom is -0.390 e. The van der Waals surface area contributed by atoms with E-state index in [2.05, 4.69) is 27.7 Å². The van der Waals surface area contributed by atoms with Gasteiger partial charge in [-0.3, -0.25) is 0 Å². The second-order valence-electron chi connectivity index (χ2n) is 4.73. The Bertz CT molecular complexity index is 165. The summed E-state index contributed by atoms with van der Waals surface area (Å²) in [5.41, 5.74) is 5.81. The molecule has 0 aliphatic carbocycles. The molecule has 0 fully saturated rings. The van der Waals surface area contributed by atoms with E-state index < -0.39 is 12.2 Å². The number of thioether (sulfide) groups is 1. The first-order valence-electron chi connectivity index (χ1n) is 5.57. The molecule has 0 rings (SSSR count). The molecule has 0 spiro atoms. The summed E-state index contributed by atoms with van der Waals surface area (Å²) in [6.45, 7) is 8.25. The Kier molecular flexibility index (Phi) is 7.61. The lowest BCUT2D eigenvalue weighted by Crippen LogP contribution is -2.44. The maximum Gasteiger partial charge on any atom is 0.0957 e. The Balaban J connectivity index is 3.90. The van der Waals surface area contributed by atoms with E-state index in [-0.39, 0.29) is 6.04 Å². The first kappa shape index (κ1) is 15.2. The molecule has 0 radical (unpaired) electrons. The number of hydrogen-bond donors (Lipinski definition) is 3. The number of aliphatic hydroxyl groups excluding tert-OH is 2. The second-order valence-corrected chi connectivity index (χ2v) is 6.34. The number of aliphatic hydroxyl groups is 2. The van der Waals surface area contributed by atoms with Gasteiger partial charge in [-0.2, -0.15) is 11.8 Å². The Morgan fingerprint density at radius 1 is 1.13 bits per heavy atom. The lowest BCUT2D eigenvalue weighted by Gasteiger charge is -2.25. The van der Waals surface area contributed by atoms with E-state index in [1.807, 2.05) is 0 Å². The molecule has 0 saturated carbocycles. The van der Waals surface area contributed by atoms with Crippen molar-refractivity contribution in [3.63, 3.8) is 0 Å². The first-order valence-corrected chi connectivity index (χ1v) is 6.62. The van der Waals surface area contributed by atoms with Crippen LogP contribution in [0.5, 0.6) is 0 Å². The Labute approximate surface area is 97.4 Å². The molecule has 3 nitrogen and oxygen atoms in total. The van der Waals surface area contributed by atoms with Crippen LogP contribution >= 0.6 is 11.8 Å². The normalized spacial score (nSPS) is 18.2. The van der Waals surface area contributed by atoms with Crippen LogP contribution in [0.2, 0.25) is 0 Å². The molecule has 0 unspecified atom stereocenters. The van der Waals surface area contributed by atoms with Crippen molar-refractivity contribution in [2.24, 2.45) is 11.7 Å². The van der Waals surface area contributed by atoms with Gasteiger partial charge in [0.25, 0.3) is 0 Å². The predicted molar refractivity (Wildman–Crippen MR) is 67.0 cm³/mol. The van der Waals surface area contributed by atoms with Crippen molar-refractivity contribution in [2.75, 3.05) is 5.75 Å². The Morgan fingerprint density at radius 2 is 1.67 bits per heavy atom. The van der Waals surface area contributed by atoms with Crippen LogP contribution in [0.4, 0.5) is 0 Å².